The first-order valence-corrected chi connectivity index (χ1v) is 45.1. The third-order valence-corrected chi connectivity index (χ3v) is 24.5. The molecule has 1 unspecified atom stereocenters. The normalized spacial score (nSPS) is 17.3. The monoisotopic (exact) mass is 1810 g/mol. The first kappa shape index (κ1) is 103. The molecule has 42 heteroatoms. The molecular weight excluding hydrogens is 1690 g/mol. The van der Waals surface area contributed by atoms with E-state index in [0.717, 1.165) is 18.2 Å². The van der Waals surface area contributed by atoms with Crippen molar-refractivity contribution in [2.75, 3.05) is 122 Å². The summed E-state index contributed by atoms with van der Waals surface area (Å²) in [5.41, 5.74) is 3.60. The number of carbonyl (C=O) groups is 11. The number of fused-ring (bicyclic) bond motifs is 2. The van der Waals surface area contributed by atoms with Gasteiger partial charge in [-0.05, 0) is 138 Å². The maximum atomic E-state index is 14.5. The number of allylic oxidation sites excluding steroid dienone is 4. The summed E-state index contributed by atoms with van der Waals surface area (Å²) in [6, 6.07) is 13.5. The van der Waals surface area contributed by atoms with E-state index in [1.54, 1.807) is 76.3 Å². The van der Waals surface area contributed by atoms with Gasteiger partial charge >= 0.3 is 48.5 Å². The lowest BCUT2D eigenvalue weighted by Crippen LogP contribution is -2.53. The molecule has 694 valence electrons. The molecule has 4 aromatic rings. The average Bonchev–Trinajstić information content (AvgIpc) is 1.59. The quantitative estimate of drug-likeness (QED) is 0.00727. The second kappa shape index (κ2) is 46.4. The van der Waals surface area contributed by atoms with Crippen molar-refractivity contribution in [2.24, 2.45) is 11.8 Å². The van der Waals surface area contributed by atoms with Crippen molar-refractivity contribution < 1.29 is 132 Å². The fourth-order valence-electron chi connectivity index (χ4n) is 16.7. The van der Waals surface area contributed by atoms with Crippen LogP contribution in [0.5, 0.6) is 0 Å². The Morgan fingerprint density at radius 2 is 1.18 bits per heavy atom. The van der Waals surface area contributed by atoms with E-state index in [2.05, 4.69) is 26.3 Å². The number of aromatic nitrogens is 3. The van der Waals surface area contributed by atoms with E-state index in [0.29, 0.717) is 104 Å². The highest BCUT2D eigenvalue weighted by Crippen LogP contribution is 2.49. The zero-order valence-corrected chi connectivity index (χ0v) is 74.0. The number of Topliss-reactive ketones (excluding diaryl/α,β-unsaturated/α-hetero) is 1. The van der Waals surface area contributed by atoms with E-state index < -0.39 is 173 Å². The number of aryl methyl sites for hydroxylation is 1. The molecule has 1 aromatic heterocycles. The number of unbranched alkanes of at least 4 members (excludes halogenated alkanes) is 5. The number of nitrogens with one attached hydrogen (secondary N) is 3. The van der Waals surface area contributed by atoms with Gasteiger partial charge in [0.25, 0.3) is 20.2 Å². The minimum atomic E-state index is -4.67. The summed E-state index contributed by atoms with van der Waals surface area (Å²) in [6.07, 6.45) is 9.51. The molecule has 0 bridgehead atoms. The predicted octanol–water partition coefficient (Wildman–Crippen LogP) is 6.61. The second-order valence-electron chi connectivity index (χ2n) is 34.7. The maximum Gasteiger partial charge on any atom is 0.352 e. The summed E-state index contributed by atoms with van der Waals surface area (Å²) in [6.45, 7) is 5.04. The summed E-state index contributed by atoms with van der Waals surface area (Å²) in [5, 5.41) is 84.9. The Balaban J connectivity index is 1.05. The van der Waals surface area contributed by atoms with Crippen molar-refractivity contribution in [3.63, 3.8) is 0 Å². The van der Waals surface area contributed by atoms with Crippen LogP contribution in [-0.2, 0) is 103 Å². The Morgan fingerprint density at radius 1 is 0.619 bits per heavy atom. The van der Waals surface area contributed by atoms with E-state index in [1.165, 1.54) is 28.9 Å². The zero-order valence-electron chi connectivity index (χ0n) is 72.4. The molecule has 0 saturated carbocycles. The van der Waals surface area contributed by atoms with E-state index in [-0.39, 0.29) is 131 Å². The largest absolute Gasteiger partial charge is 0.481 e. The molecule has 126 heavy (non-hydrogen) atoms. The van der Waals surface area contributed by atoms with Gasteiger partial charge in [0.1, 0.15) is 30.6 Å². The Morgan fingerprint density at radius 3 is 1.77 bits per heavy atom. The molecule has 3 aliphatic heterocycles. The highest BCUT2D eigenvalue weighted by molar-refractivity contribution is 7.86. The van der Waals surface area contributed by atoms with Crippen molar-refractivity contribution in [3.05, 3.63) is 113 Å². The van der Waals surface area contributed by atoms with E-state index in [4.69, 9.17) is 5.11 Å². The predicted molar refractivity (Wildman–Crippen MR) is 460 cm³/mol. The standard InChI is InChI=1S/C84H120BF2N13O24S2/c1-83(2)66-47-64(125(119,120)121)29-31-69(66)98(36-14-8-10-22-73(102)88-34-13-12-18-58(81(115)116)45-63(101)46-59(82(117)118)26-33-75(104)105)71(83)20-16-21-72-84(3,4)67-48-65(126(122,123)124)30-32-70(67)99(72)37-15-9-11-23-74(103)90-68(19-17-35-97-49-61(91-92-97)55-100(6,7)56-85(5,86)87)80(114)89-60-27-24-57(25-28-60)44-62-50-95(53-78(110)111)41-40-93(51-76(106)107)38-39-94(52-77(108)109)42-43-96(62)54-79(112)113/h16,20-21,24-25,27-32,47-49,58-59,62,68H,8-15,17-19,22-23,26,33-46,50-56H2,1-7H3,(H11-,88,89,90,102,103,104,105,106,107,108,109,110,111,112,113,114,115,116,117,118,119,120,121,122,123,124)/p+1/t58-,59+,62?,68-/m0/s1. The van der Waals surface area contributed by atoms with Crippen LogP contribution in [0, 0.1) is 11.8 Å². The number of benzene rings is 3. The minimum Gasteiger partial charge on any atom is -0.481 e. The Hall–Kier alpha value is -10.3. The number of halogens is 2. The molecular formula is C84H121BF2N13O24S2+. The molecule has 3 amide bonds. The smallest absolute Gasteiger partial charge is 0.352 e. The van der Waals surface area contributed by atoms with Crippen LogP contribution >= 0.6 is 0 Å². The van der Waals surface area contributed by atoms with Gasteiger partial charge in [-0.3, -0.25) is 86.1 Å². The summed E-state index contributed by atoms with van der Waals surface area (Å²) < 4.78 is 103. The molecule has 7 rings (SSSR count). The van der Waals surface area contributed by atoms with Crippen LogP contribution < -0.4 is 20.9 Å². The highest BCUT2D eigenvalue weighted by Gasteiger charge is 2.46. The SMILES string of the molecule is C[B-](F)(F)C[N+](C)(C)Cc1cn(CCC[C@H](NC(=O)CCCCC[N+]2=C(C=CC=C3N(CCCCCC(=O)NCCCC[C@@H](CC(=O)C[C@@H](CCC(=O)O)C(=O)O)C(=O)O)c4ccc(S(=O)(=O)O)cc4C3(C)C)C(C)(C)c3cc(S(=O)(=O)O)ccc32)C(=O)Nc2ccc(CC3CN(CC(=O)O)CCN(CC(=O)O)CCN(CC(=O)O)CCN3CC(=O)O)cc2)nn1. The number of aliphatic carboxylic acids is 7. The summed E-state index contributed by atoms with van der Waals surface area (Å²) >= 11 is 0. The molecule has 1 fully saturated rings. The summed E-state index contributed by atoms with van der Waals surface area (Å²) in [7, 11) is -5.99. The Bertz CT molecular complexity index is 4890. The molecule has 37 nitrogen and oxygen atoms in total. The Labute approximate surface area is 732 Å². The van der Waals surface area contributed by atoms with Crippen LogP contribution in [0.1, 0.15) is 159 Å². The molecule has 0 spiro atoms. The van der Waals surface area contributed by atoms with Crippen molar-refractivity contribution in [2.45, 2.75) is 196 Å². The van der Waals surface area contributed by atoms with Crippen LogP contribution in [0.15, 0.2) is 101 Å². The van der Waals surface area contributed by atoms with E-state index in [9.17, 15) is 118 Å². The number of carboxylic acid groups (broad SMARTS) is 7. The third kappa shape index (κ3) is 32.8. The summed E-state index contributed by atoms with van der Waals surface area (Å²) in [5.74, 6) is -12.7. The van der Waals surface area contributed by atoms with Crippen molar-refractivity contribution in [1.82, 2.24) is 45.2 Å². The van der Waals surface area contributed by atoms with Gasteiger partial charge in [0.15, 0.2) is 5.71 Å². The molecule has 3 aromatic carbocycles. The highest BCUT2D eigenvalue weighted by atomic mass is 32.2. The van der Waals surface area contributed by atoms with Gasteiger partial charge in [-0.15, -0.1) is 11.9 Å². The maximum absolute atomic E-state index is 14.5. The number of anilines is 2. The first-order chi connectivity index (χ1) is 59.0. The van der Waals surface area contributed by atoms with Gasteiger partial charge in [-0.1, -0.05) is 50.1 Å². The van der Waals surface area contributed by atoms with E-state index >= 15 is 0 Å². The van der Waals surface area contributed by atoms with Crippen molar-refractivity contribution in [1.29, 1.82) is 0 Å². The number of amides is 3. The van der Waals surface area contributed by atoms with Crippen molar-refractivity contribution >= 4 is 115 Å². The topological polar surface area (TPSA) is 524 Å². The van der Waals surface area contributed by atoms with Crippen LogP contribution in [0.25, 0.3) is 0 Å². The number of nitrogens with zero attached hydrogens (tertiary/aromatic N) is 10. The van der Waals surface area contributed by atoms with Crippen LogP contribution in [0.3, 0.4) is 0 Å². The van der Waals surface area contributed by atoms with Gasteiger partial charge < -0.3 is 69.7 Å². The lowest BCUT2D eigenvalue weighted by Gasteiger charge is -2.37. The molecule has 3 aliphatic rings. The zero-order chi connectivity index (χ0) is 93.2. The number of hydrogen-bond acceptors (Lipinski definition) is 22. The number of rotatable bonds is 51. The number of hydrogen-bond donors (Lipinski definition) is 12. The Kier molecular flexibility index (Phi) is 37.8. The average molecular weight is 1810 g/mol. The number of quaternary nitrogens is 1. The number of ketones is 1. The van der Waals surface area contributed by atoms with Gasteiger partial charge in [-0.25, -0.2) is 0 Å². The van der Waals surface area contributed by atoms with Crippen LogP contribution in [-0.4, -0.2) is 307 Å². The molecule has 0 aliphatic carbocycles. The summed E-state index contributed by atoms with van der Waals surface area (Å²) in [4.78, 5) is 145. The van der Waals surface area contributed by atoms with Gasteiger partial charge in [0.05, 0.1) is 73.5 Å². The van der Waals surface area contributed by atoms with Gasteiger partial charge in [0.2, 0.25) is 23.4 Å². The van der Waals surface area contributed by atoms with Crippen LogP contribution in [0.4, 0.5) is 25.7 Å². The number of carbonyl (C=O) groups excluding carboxylic acids is 4. The van der Waals surface area contributed by atoms with Gasteiger partial charge in [-0.2, -0.15) is 21.4 Å². The molecule has 1 saturated heterocycles. The van der Waals surface area contributed by atoms with E-state index in [1.807, 2.05) is 55.4 Å². The fraction of sp³-hybridized carbons (Fsp3) is 0.571. The molecule has 12 N–H and O–H groups in total. The first-order valence-electron chi connectivity index (χ1n) is 42.2. The fourth-order valence-corrected chi connectivity index (χ4v) is 17.7. The lowest BCUT2D eigenvalue weighted by atomic mass is 9.67. The molecule has 4 heterocycles. The lowest BCUT2D eigenvalue weighted by molar-refractivity contribution is -0.895. The third-order valence-electron chi connectivity index (χ3n) is 22.8. The number of carboxylic acids is 7. The molecule has 0 radical (unpaired) electrons. The molecule has 4 atom stereocenters. The second-order valence-corrected chi connectivity index (χ2v) is 37.5. The van der Waals surface area contributed by atoms with Crippen molar-refractivity contribution in [3.8, 4) is 0 Å². The van der Waals surface area contributed by atoms with Crippen LogP contribution in [0.2, 0.25) is 6.82 Å². The van der Waals surface area contributed by atoms with Gasteiger partial charge in [0, 0.05) is 157 Å². The minimum absolute atomic E-state index is 0.0129.